The maximum Gasteiger partial charge on any atom is 0.354 e. The highest BCUT2D eigenvalue weighted by atomic mass is 35.5. The average molecular weight is 588 g/mol. The SMILES string of the molecule is O=C(O)c1ccc2cc(C#CC34CCC(OCc5c(-c6c(Cl)cncc6Cl)noc5C5CC5)(CC3)CC4)ccc2n1. The van der Waals surface area contributed by atoms with Crippen molar-refractivity contribution >= 4 is 40.1 Å². The predicted molar refractivity (Wildman–Crippen MR) is 155 cm³/mol. The quantitative estimate of drug-likeness (QED) is 0.229. The smallest absolute Gasteiger partial charge is 0.354 e. The van der Waals surface area contributed by atoms with Crippen LogP contribution in [-0.4, -0.2) is 31.8 Å². The second-order valence-corrected chi connectivity index (χ2v) is 12.4. The number of pyridine rings is 2. The van der Waals surface area contributed by atoms with E-state index < -0.39 is 5.97 Å². The van der Waals surface area contributed by atoms with Crippen molar-refractivity contribution in [1.29, 1.82) is 0 Å². The van der Waals surface area contributed by atoms with Crippen LogP contribution < -0.4 is 0 Å². The van der Waals surface area contributed by atoms with Crippen LogP contribution in [0.25, 0.3) is 22.2 Å². The number of rotatable bonds is 6. The third kappa shape index (κ3) is 4.99. The van der Waals surface area contributed by atoms with Crippen molar-refractivity contribution in [2.24, 2.45) is 5.41 Å². The fraction of sp³-hybridized carbons (Fsp3) is 0.375. The van der Waals surface area contributed by atoms with E-state index in [0.29, 0.717) is 39.3 Å². The molecule has 0 saturated heterocycles. The van der Waals surface area contributed by atoms with Gasteiger partial charge in [0.1, 0.15) is 17.1 Å². The number of carbonyl (C=O) groups is 1. The highest BCUT2D eigenvalue weighted by molar-refractivity contribution is 6.38. The van der Waals surface area contributed by atoms with Gasteiger partial charge in [-0.25, -0.2) is 9.78 Å². The molecule has 7 nitrogen and oxygen atoms in total. The second-order valence-electron chi connectivity index (χ2n) is 11.5. The van der Waals surface area contributed by atoms with Gasteiger partial charge in [-0.15, -0.1) is 0 Å². The molecule has 1 aromatic carbocycles. The van der Waals surface area contributed by atoms with Gasteiger partial charge in [0, 0.05) is 45.8 Å². The van der Waals surface area contributed by atoms with E-state index in [4.69, 9.17) is 32.5 Å². The Morgan fingerprint density at radius 3 is 2.46 bits per heavy atom. The Bertz CT molecular complexity index is 1710. The van der Waals surface area contributed by atoms with Crippen molar-refractivity contribution in [3.8, 4) is 23.1 Å². The summed E-state index contributed by atoms with van der Waals surface area (Å²) in [6.45, 7) is 0.410. The van der Waals surface area contributed by atoms with E-state index in [2.05, 4.69) is 27.0 Å². The van der Waals surface area contributed by atoms with Crippen molar-refractivity contribution in [3.63, 3.8) is 0 Å². The van der Waals surface area contributed by atoms with Crippen LogP contribution in [0.3, 0.4) is 0 Å². The molecule has 0 atom stereocenters. The minimum Gasteiger partial charge on any atom is -0.477 e. The summed E-state index contributed by atoms with van der Waals surface area (Å²) in [5, 5.41) is 15.3. The molecule has 0 amide bonds. The van der Waals surface area contributed by atoms with E-state index in [1.54, 1.807) is 18.5 Å². The van der Waals surface area contributed by atoms with E-state index in [0.717, 1.165) is 73.6 Å². The van der Waals surface area contributed by atoms with Crippen molar-refractivity contribution in [2.45, 2.75) is 69.5 Å². The van der Waals surface area contributed by atoms with Gasteiger partial charge >= 0.3 is 5.97 Å². The van der Waals surface area contributed by atoms with E-state index in [1.807, 2.05) is 18.2 Å². The predicted octanol–water partition coefficient (Wildman–Crippen LogP) is 7.83. The van der Waals surface area contributed by atoms with Crippen LogP contribution in [0, 0.1) is 17.3 Å². The molecule has 0 aliphatic heterocycles. The van der Waals surface area contributed by atoms with E-state index >= 15 is 0 Å². The van der Waals surface area contributed by atoms with Crippen LogP contribution in [0.15, 0.2) is 47.2 Å². The molecule has 208 valence electrons. The normalized spacial score (nSPS) is 23.4. The molecule has 0 spiro atoms. The standard InChI is InChI=1S/C32H27Cl2N3O4/c33-23-16-35-17-24(34)27(23)28-22(29(41-37-28)20-2-3-20)18-40-32-12-9-31(10-13-32,11-14-32)8-7-19-1-5-25-21(15-19)4-6-26(36-25)30(38)39/h1,4-6,15-17,20H,2-3,9-14,18H2,(H,38,39). The Balaban J connectivity index is 1.07. The molecule has 3 heterocycles. The van der Waals surface area contributed by atoms with Crippen LogP contribution in [0.2, 0.25) is 10.0 Å². The Labute approximate surface area is 247 Å². The molecule has 0 radical (unpaired) electrons. The van der Waals surface area contributed by atoms with Gasteiger partial charge in [-0.2, -0.15) is 0 Å². The van der Waals surface area contributed by atoms with Gasteiger partial charge in [-0.1, -0.05) is 46.3 Å². The number of ether oxygens (including phenoxy) is 1. The number of carboxylic acids is 1. The molecule has 4 aromatic rings. The molecule has 2 bridgehead atoms. The highest BCUT2D eigenvalue weighted by Gasteiger charge is 2.49. The topological polar surface area (TPSA) is 98.3 Å². The summed E-state index contributed by atoms with van der Waals surface area (Å²) < 4.78 is 12.6. The molecule has 0 unspecified atom stereocenters. The van der Waals surface area contributed by atoms with Gasteiger partial charge in [-0.3, -0.25) is 4.98 Å². The summed E-state index contributed by atoms with van der Waals surface area (Å²) in [6, 6.07) is 9.04. The van der Waals surface area contributed by atoms with Gasteiger partial charge in [0.2, 0.25) is 0 Å². The van der Waals surface area contributed by atoms with Crippen molar-refractivity contribution in [3.05, 3.63) is 75.4 Å². The Kier molecular flexibility index (Phi) is 6.54. The fourth-order valence-electron chi connectivity index (χ4n) is 6.27. The van der Waals surface area contributed by atoms with Crippen molar-refractivity contribution < 1.29 is 19.2 Å². The van der Waals surface area contributed by atoms with Crippen LogP contribution >= 0.6 is 23.2 Å². The molecule has 4 saturated carbocycles. The minimum absolute atomic E-state index is 0.00883. The van der Waals surface area contributed by atoms with Crippen molar-refractivity contribution in [2.75, 3.05) is 0 Å². The zero-order chi connectivity index (χ0) is 28.2. The summed E-state index contributed by atoms with van der Waals surface area (Å²) in [6.07, 6.45) is 11.2. The third-order valence-electron chi connectivity index (χ3n) is 8.94. The number of halogens is 2. The average Bonchev–Trinajstić information content (AvgIpc) is 3.75. The second kappa shape index (κ2) is 10.1. The molecule has 3 aromatic heterocycles. The van der Waals surface area contributed by atoms with Crippen LogP contribution in [-0.2, 0) is 11.3 Å². The first-order valence-electron chi connectivity index (χ1n) is 13.9. The summed E-state index contributed by atoms with van der Waals surface area (Å²) >= 11 is 13.0. The Morgan fingerprint density at radius 2 is 1.78 bits per heavy atom. The fourth-order valence-corrected chi connectivity index (χ4v) is 6.81. The molecule has 4 aliphatic carbocycles. The van der Waals surface area contributed by atoms with Gasteiger partial charge in [-0.05, 0) is 75.6 Å². The zero-order valence-electron chi connectivity index (χ0n) is 22.3. The van der Waals surface area contributed by atoms with Crippen LogP contribution in [0.1, 0.15) is 84.7 Å². The van der Waals surface area contributed by atoms with Gasteiger partial charge in [0.25, 0.3) is 0 Å². The zero-order valence-corrected chi connectivity index (χ0v) is 23.8. The van der Waals surface area contributed by atoms with Gasteiger partial charge < -0.3 is 14.4 Å². The van der Waals surface area contributed by atoms with Gasteiger partial charge in [0.15, 0.2) is 0 Å². The molecule has 9 heteroatoms. The lowest BCUT2D eigenvalue weighted by Crippen LogP contribution is -2.47. The lowest BCUT2D eigenvalue weighted by molar-refractivity contribution is -0.131. The lowest BCUT2D eigenvalue weighted by atomic mass is 9.59. The molecular formula is C32H27Cl2N3O4. The number of carboxylic acid groups (broad SMARTS) is 1. The molecule has 8 rings (SSSR count). The van der Waals surface area contributed by atoms with Crippen molar-refractivity contribution in [1.82, 2.24) is 15.1 Å². The highest BCUT2D eigenvalue weighted by Crippen LogP contribution is 2.54. The van der Waals surface area contributed by atoms with Crippen LogP contribution in [0.5, 0.6) is 0 Å². The minimum atomic E-state index is -1.03. The number of benzene rings is 1. The number of hydrogen-bond acceptors (Lipinski definition) is 6. The monoisotopic (exact) mass is 587 g/mol. The van der Waals surface area contributed by atoms with E-state index in [1.165, 1.54) is 6.07 Å². The first kappa shape index (κ1) is 26.5. The third-order valence-corrected chi connectivity index (χ3v) is 9.51. The summed E-state index contributed by atoms with van der Waals surface area (Å²) in [7, 11) is 0. The van der Waals surface area contributed by atoms with Crippen LogP contribution in [0.4, 0.5) is 0 Å². The van der Waals surface area contributed by atoms with E-state index in [9.17, 15) is 9.90 Å². The number of aromatic carboxylic acids is 1. The molecule has 41 heavy (non-hydrogen) atoms. The molecule has 4 fully saturated rings. The summed E-state index contributed by atoms with van der Waals surface area (Å²) in [5.74, 6) is 7.25. The number of hydrogen-bond donors (Lipinski definition) is 1. The maximum absolute atomic E-state index is 11.2. The number of fused-ring (bicyclic) bond motifs is 4. The van der Waals surface area contributed by atoms with Gasteiger partial charge in [0.05, 0.1) is 27.8 Å². The lowest BCUT2D eigenvalue weighted by Gasteiger charge is -2.51. The molecule has 4 aliphatic rings. The Hall–Kier alpha value is -3.44. The molecule has 1 N–H and O–H groups in total. The largest absolute Gasteiger partial charge is 0.477 e. The first-order valence-corrected chi connectivity index (χ1v) is 14.7. The number of nitrogens with zero attached hydrogens (tertiary/aromatic N) is 3. The molecular weight excluding hydrogens is 561 g/mol. The summed E-state index contributed by atoms with van der Waals surface area (Å²) in [4.78, 5) is 19.5. The summed E-state index contributed by atoms with van der Waals surface area (Å²) in [5.41, 5.74) is 3.66. The number of aromatic nitrogens is 3. The first-order chi connectivity index (χ1) is 19.8. The Morgan fingerprint density at radius 1 is 1.05 bits per heavy atom. The van der Waals surface area contributed by atoms with E-state index in [-0.39, 0.29) is 16.7 Å². The maximum atomic E-state index is 11.2.